The van der Waals surface area contributed by atoms with Crippen molar-refractivity contribution < 1.29 is 9.53 Å². The summed E-state index contributed by atoms with van der Waals surface area (Å²) in [5.74, 6) is 0.575. The molecule has 0 saturated carbocycles. The average Bonchev–Trinajstić information content (AvgIpc) is 2.41. The average molecular weight is 409 g/mol. The smallest absolute Gasteiger partial charge is 0.262 e. The van der Waals surface area contributed by atoms with Gasteiger partial charge in [-0.05, 0) is 96.8 Å². The third-order valence-electron chi connectivity index (χ3n) is 3.34. The van der Waals surface area contributed by atoms with E-state index >= 15 is 0 Å². The Balaban J connectivity index is 2.00. The van der Waals surface area contributed by atoms with E-state index in [0.29, 0.717) is 0 Å². The molecule has 0 aliphatic rings. The van der Waals surface area contributed by atoms with Gasteiger partial charge < -0.3 is 10.1 Å². The largest absolute Gasteiger partial charge is 0.484 e. The Bertz CT molecular complexity index is 690. The first-order chi connectivity index (χ1) is 10.3. The summed E-state index contributed by atoms with van der Waals surface area (Å²) < 4.78 is 6.78. The number of hydrogen-bond acceptors (Lipinski definition) is 2. The fourth-order valence-corrected chi connectivity index (χ4v) is 2.89. The second-order valence-corrected chi connectivity index (χ2v) is 6.74. The second-order valence-electron chi connectivity index (χ2n) is 5.58. The summed E-state index contributed by atoms with van der Waals surface area (Å²) in [4.78, 5) is 12.1. The van der Waals surface area contributed by atoms with Gasteiger partial charge in [0.2, 0.25) is 0 Å². The molecule has 2 rings (SSSR count). The third kappa shape index (κ3) is 4.47. The fourth-order valence-electron chi connectivity index (χ4n) is 2.27. The zero-order valence-corrected chi connectivity index (χ0v) is 15.4. The van der Waals surface area contributed by atoms with E-state index < -0.39 is 0 Å². The Labute approximate surface area is 145 Å². The Morgan fingerprint density at radius 2 is 1.64 bits per heavy atom. The van der Waals surface area contributed by atoms with Gasteiger partial charge in [-0.15, -0.1) is 0 Å². The van der Waals surface area contributed by atoms with Crippen LogP contribution in [-0.2, 0) is 4.79 Å². The van der Waals surface area contributed by atoms with Gasteiger partial charge in [-0.3, -0.25) is 4.79 Å². The summed E-state index contributed by atoms with van der Waals surface area (Å²) in [6, 6.07) is 9.99. The molecule has 0 spiro atoms. The fraction of sp³-hybridized carbons (Fsp3) is 0.278. The van der Waals surface area contributed by atoms with Crippen molar-refractivity contribution >= 4 is 34.2 Å². The van der Waals surface area contributed by atoms with E-state index in [1.165, 1.54) is 3.57 Å². The lowest BCUT2D eigenvalue weighted by Gasteiger charge is -2.12. The van der Waals surface area contributed by atoms with Gasteiger partial charge in [0.15, 0.2) is 6.61 Å². The topological polar surface area (TPSA) is 38.3 Å². The lowest BCUT2D eigenvalue weighted by atomic mass is 10.1. The number of hydrogen-bond donors (Lipinski definition) is 1. The molecule has 116 valence electrons. The first kappa shape index (κ1) is 16.8. The summed E-state index contributed by atoms with van der Waals surface area (Å²) in [5.41, 5.74) is 5.29. The van der Waals surface area contributed by atoms with Crippen molar-refractivity contribution in [3.63, 3.8) is 0 Å². The molecule has 0 aliphatic heterocycles. The summed E-state index contributed by atoms with van der Waals surface area (Å²) in [6.45, 7) is 8.05. The number of nitrogens with one attached hydrogen (secondary N) is 1. The molecule has 0 unspecified atom stereocenters. The molecule has 2 aromatic carbocycles. The number of halogens is 1. The first-order valence-corrected chi connectivity index (χ1v) is 8.20. The number of amides is 1. The highest BCUT2D eigenvalue weighted by atomic mass is 127. The van der Waals surface area contributed by atoms with Crippen molar-refractivity contribution in [2.45, 2.75) is 27.7 Å². The third-order valence-corrected chi connectivity index (χ3v) is 4.51. The number of rotatable bonds is 4. The first-order valence-electron chi connectivity index (χ1n) is 7.13. The maximum atomic E-state index is 12.1. The van der Waals surface area contributed by atoms with E-state index in [9.17, 15) is 4.79 Å². The Morgan fingerprint density at radius 1 is 1.00 bits per heavy atom. The lowest BCUT2D eigenvalue weighted by molar-refractivity contribution is -0.118. The van der Waals surface area contributed by atoms with Crippen molar-refractivity contribution in [3.05, 3.63) is 56.2 Å². The van der Waals surface area contributed by atoms with Crippen molar-refractivity contribution in [1.29, 1.82) is 0 Å². The van der Waals surface area contributed by atoms with Crippen LogP contribution >= 0.6 is 22.6 Å². The molecule has 0 radical (unpaired) electrons. The second kappa shape index (κ2) is 7.13. The van der Waals surface area contributed by atoms with Crippen LogP contribution in [0, 0.1) is 31.3 Å². The predicted molar refractivity (Wildman–Crippen MR) is 98.7 cm³/mol. The van der Waals surface area contributed by atoms with Gasteiger partial charge in [-0.1, -0.05) is 6.07 Å². The van der Waals surface area contributed by atoms with E-state index in [0.717, 1.165) is 33.7 Å². The van der Waals surface area contributed by atoms with Gasteiger partial charge in [0.25, 0.3) is 5.91 Å². The minimum Gasteiger partial charge on any atom is -0.484 e. The van der Waals surface area contributed by atoms with Crippen molar-refractivity contribution in [1.82, 2.24) is 0 Å². The quantitative estimate of drug-likeness (QED) is 0.753. The minimum atomic E-state index is -0.150. The van der Waals surface area contributed by atoms with Gasteiger partial charge in [0, 0.05) is 9.26 Å². The molecule has 0 aliphatic carbocycles. The van der Waals surface area contributed by atoms with Crippen molar-refractivity contribution in [2.75, 3.05) is 11.9 Å². The van der Waals surface area contributed by atoms with E-state index in [1.54, 1.807) is 0 Å². The predicted octanol–water partition coefficient (Wildman–Crippen LogP) is 4.54. The van der Waals surface area contributed by atoms with Gasteiger partial charge in [0.1, 0.15) is 5.75 Å². The Hall–Kier alpha value is -1.56. The van der Waals surface area contributed by atoms with Crippen LogP contribution in [0.15, 0.2) is 30.3 Å². The maximum Gasteiger partial charge on any atom is 0.262 e. The molecule has 0 atom stereocenters. The molecule has 3 nitrogen and oxygen atoms in total. The summed E-state index contributed by atoms with van der Waals surface area (Å²) in [6.07, 6.45) is 0. The summed E-state index contributed by atoms with van der Waals surface area (Å²) in [5, 5.41) is 2.91. The van der Waals surface area contributed by atoms with Gasteiger partial charge in [-0.25, -0.2) is 0 Å². The van der Waals surface area contributed by atoms with Crippen LogP contribution in [0.1, 0.15) is 22.3 Å². The van der Waals surface area contributed by atoms with Crippen LogP contribution in [-0.4, -0.2) is 12.5 Å². The SMILES string of the molecule is Cc1cc(C)cc(OCC(=O)Nc2cc(C)c(I)cc2C)c1. The van der Waals surface area contributed by atoms with Crippen LogP contribution in [0.2, 0.25) is 0 Å². The van der Waals surface area contributed by atoms with Crippen LogP contribution in [0.3, 0.4) is 0 Å². The molecule has 1 N–H and O–H groups in total. The molecule has 0 fully saturated rings. The molecule has 2 aromatic rings. The summed E-state index contributed by atoms with van der Waals surface area (Å²) >= 11 is 2.29. The molecule has 22 heavy (non-hydrogen) atoms. The van der Waals surface area contributed by atoms with Crippen LogP contribution in [0.4, 0.5) is 5.69 Å². The minimum absolute atomic E-state index is 0.00731. The van der Waals surface area contributed by atoms with Crippen LogP contribution < -0.4 is 10.1 Å². The zero-order valence-electron chi connectivity index (χ0n) is 13.3. The lowest BCUT2D eigenvalue weighted by Crippen LogP contribution is -2.20. The number of carbonyl (C=O) groups excluding carboxylic acids is 1. The monoisotopic (exact) mass is 409 g/mol. The van der Waals surface area contributed by atoms with Crippen molar-refractivity contribution in [2.24, 2.45) is 0 Å². The van der Waals surface area contributed by atoms with E-state index in [1.807, 2.05) is 45.9 Å². The molecule has 0 aromatic heterocycles. The summed E-state index contributed by atoms with van der Waals surface area (Å²) in [7, 11) is 0. The van der Waals surface area contributed by atoms with Crippen molar-refractivity contribution in [3.8, 4) is 5.75 Å². The van der Waals surface area contributed by atoms with Gasteiger partial charge in [0.05, 0.1) is 0 Å². The van der Waals surface area contributed by atoms with E-state index in [4.69, 9.17) is 4.74 Å². The normalized spacial score (nSPS) is 10.4. The number of carbonyl (C=O) groups is 1. The molecule has 4 heteroatoms. The Morgan fingerprint density at radius 3 is 2.27 bits per heavy atom. The molecule has 0 heterocycles. The molecule has 0 saturated heterocycles. The van der Waals surface area contributed by atoms with Crippen LogP contribution in [0.5, 0.6) is 5.75 Å². The highest BCUT2D eigenvalue weighted by molar-refractivity contribution is 14.1. The standard InChI is InChI=1S/C18H20INO2/c1-11-5-12(2)7-15(6-11)22-10-18(21)20-17-9-13(3)16(19)8-14(17)4/h5-9H,10H2,1-4H3,(H,20,21). The maximum absolute atomic E-state index is 12.1. The number of aryl methyl sites for hydroxylation is 4. The van der Waals surface area contributed by atoms with Gasteiger partial charge >= 0.3 is 0 Å². The number of ether oxygens (including phenoxy) is 1. The number of benzene rings is 2. The molecule has 0 bridgehead atoms. The number of anilines is 1. The Kier molecular flexibility index (Phi) is 5.45. The molecular weight excluding hydrogens is 389 g/mol. The molecule has 1 amide bonds. The van der Waals surface area contributed by atoms with Crippen LogP contribution in [0.25, 0.3) is 0 Å². The van der Waals surface area contributed by atoms with E-state index in [2.05, 4.69) is 40.0 Å². The zero-order chi connectivity index (χ0) is 16.3. The molecular formula is C18H20INO2. The highest BCUT2D eigenvalue weighted by Gasteiger charge is 2.08. The van der Waals surface area contributed by atoms with Gasteiger partial charge in [-0.2, -0.15) is 0 Å². The highest BCUT2D eigenvalue weighted by Crippen LogP contribution is 2.22. The van der Waals surface area contributed by atoms with E-state index in [-0.39, 0.29) is 12.5 Å².